The molecule has 0 aliphatic rings. The van der Waals surface area contributed by atoms with Crippen molar-refractivity contribution in [1.29, 1.82) is 0 Å². The Morgan fingerprint density at radius 2 is 2.16 bits per heavy atom. The number of nitrogens with one attached hydrogen (secondary N) is 2. The van der Waals surface area contributed by atoms with E-state index in [1.54, 1.807) is 6.07 Å². The number of aromatic amines is 1. The Kier molecular flexibility index (Phi) is 5.05. The van der Waals surface area contributed by atoms with Gasteiger partial charge in [0.1, 0.15) is 0 Å². The number of rotatable bonds is 5. The van der Waals surface area contributed by atoms with E-state index < -0.39 is 4.92 Å². The highest BCUT2D eigenvalue weighted by molar-refractivity contribution is 9.10. The molecule has 2 N–H and O–H groups in total. The number of carbonyl (C=O) groups excluding carboxylic acids is 1. The molecular weight excluding hydrogens is 408 g/mol. The van der Waals surface area contributed by atoms with E-state index >= 15 is 0 Å². The number of fused-ring (bicyclic) bond motifs is 1. The molecule has 0 aliphatic carbocycles. The molecule has 1 heterocycles. The fourth-order valence-corrected chi connectivity index (χ4v) is 3.22. The number of H-pyrrole nitrogens is 1. The van der Waals surface area contributed by atoms with E-state index in [1.807, 2.05) is 25.1 Å². The zero-order valence-corrected chi connectivity index (χ0v) is 15.5. The molecule has 0 bridgehead atoms. The van der Waals surface area contributed by atoms with Crippen molar-refractivity contribution in [2.75, 3.05) is 11.1 Å². The topological polar surface area (TPSA) is 101 Å². The molecule has 0 unspecified atom stereocenters. The molecule has 1 amide bonds. The van der Waals surface area contributed by atoms with E-state index in [-0.39, 0.29) is 17.3 Å². The number of anilines is 1. The van der Waals surface area contributed by atoms with Crippen LogP contribution in [-0.2, 0) is 4.79 Å². The van der Waals surface area contributed by atoms with Gasteiger partial charge in [0.25, 0.3) is 5.69 Å². The second-order valence-electron chi connectivity index (χ2n) is 5.30. The Morgan fingerprint density at radius 1 is 1.36 bits per heavy atom. The number of benzene rings is 2. The van der Waals surface area contributed by atoms with Gasteiger partial charge in [0, 0.05) is 22.3 Å². The van der Waals surface area contributed by atoms with Crippen molar-refractivity contribution in [1.82, 2.24) is 9.97 Å². The summed E-state index contributed by atoms with van der Waals surface area (Å²) in [5, 5.41) is 14.1. The van der Waals surface area contributed by atoms with E-state index in [0.29, 0.717) is 21.9 Å². The third-order valence-electron chi connectivity index (χ3n) is 3.45. The van der Waals surface area contributed by atoms with Crippen molar-refractivity contribution in [3.05, 3.63) is 56.5 Å². The summed E-state index contributed by atoms with van der Waals surface area (Å²) in [6.07, 6.45) is 0. The predicted molar refractivity (Wildman–Crippen MR) is 101 cm³/mol. The van der Waals surface area contributed by atoms with Gasteiger partial charge < -0.3 is 10.3 Å². The highest BCUT2D eigenvalue weighted by atomic mass is 79.9. The normalized spacial score (nSPS) is 10.8. The SMILES string of the molecule is Cc1ccc(NC(=O)CSc2nc3ccc([N+](=O)[O-])cc3[nH]2)cc1Br. The number of nitrogens with zero attached hydrogens (tertiary/aromatic N) is 2. The number of nitro groups is 1. The molecule has 0 spiro atoms. The zero-order chi connectivity index (χ0) is 18.0. The van der Waals surface area contributed by atoms with Crippen LogP contribution in [0.3, 0.4) is 0 Å². The first-order valence-corrected chi connectivity index (χ1v) is 9.03. The minimum Gasteiger partial charge on any atom is -0.333 e. The smallest absolute Gasteiger partial charge is 0.271 e. The molecular formula is C16H13BrN4O3S. The first-order valence-electron chi connectivity index (χ1n) is 7.25. The molecule has 7 nitrogen and oxygen atoms in total. The van der Waals surface area contributed by atoms with Crippen LogP contribution in [0.1, 0.15) is 5.56 Å². The van der Waals surface area contributed by atoms with E-state index in [9.17, 15) is 14.9 Å². The van der Waals surface area contributed by atoms with E-state index in [1.165, 1.54) is 23.9 Å². The Bertz CT molecular complexity index is 973. The number of aryl methyl sites for hydroxylation is 1. The number of hydrogen-bond donors (Lipinski definition) is 2. The first-order chi connectivity index (χ1) is 11.9. The number of non-ortho nitro benzene ring substituents is 1. The van der Waals surface area contributed by atoms with Gasteiger partial charge in [-0.3, -0.25) is 14.9 Å². The van der Waals surface area contributed by atoms with Gasteiger partial charge in [0.15, 0.2) is 5.16 Å². The lowest BCUT2D eigenvalue weighted by molar-refractivity contribution is -0.384. The molecule has 128 valence electrons. The monoisotopic (exact) mass is 420 g/mol. The fourth-order valence-electron chi connectivity index (χ4n) is 2.16. The maximum Gasteiger partial charge on any atom is 0.271 e. The van der Waals surface area contributed by atoms with Gasteiger partial charge in [-0.15, -0.1) is 0 Å². The number of nitro benzene ring substituents is 1. The zero-order valence-electron chi connectivity index (χ0n) is 13.1. The van der Waals surface area contributed by atoms with Crippen LogP contribution < -0.4 is 5.32 Å². The van der Waals surface area contributed by atoms with Crippen molar-refractivity contribution in [2.45, 2.75) is 12.1 Å². The van der Waals surface area contributed by atoms with Gasteiger partial charge in [0.05, 0.1) is 21.7 Å². The minimum atomic E-state index is -0.458. The van der Waals surface area contributed by atoms with Crippen LogP contribution in [0.2, 0.25) is 0 Å². The van der Waals surface area contributed by atoms with Crippen molar-refractivity contribution in [3.63, 3.8) is 0 Å². The molecule has 3 aromatic rings. The summed E-state index contributed by atoms with van der Waals surface area (Å²) in [7, 11) is 0. The minimum absolute atomic E-state index is 0.00427. The maximum atomic E-state index is 12.1. The molecule has 0 radical (unpaired) electrons. The maximum absolute atomic E-state index is 12.1. The van der Waals surface area contributed by atoms with Gasteiger partial charge in [0.2, 0.25) is 5.91 Å². The van der Waals surface area contributed by atoms with Crippen LogP contribution in [-0.4, -0.2) is 26.6 Å². The highest BCUT2D eigenvalue weighted by Gasteiger charge is 2.11. The molecule has 0 saturated carbocycles. The number of amides is 1. The van der Waals surface area contributed by atoms with E-state index in [4.69, 9.17) is 0 Å². The molecule has 0 fully saturated rings. The number of hydrogen-bond acceptors (Lipinski definition) is 5. The third-order valence-corrected chi connectivity index (χ3v) is 5.18. The lowest BCUT2D eigenvalue weighted by Gasteiger charge is -2.06. The highest BCUT2D eigenvalue weighted by Crippen LogP contribution is 2.24. The molecule has 3 rings (SSSR count). The average molecular weight is 421 g/mol. The second kappa shape index (κ2) is 7.24. The molecule has 0 atom stereocenters. The number of imidazole rings is 1. The lowest BCUT2D eigenvalue weighted by atomic mass is 10.2. The average Bonchev–Trinajstić information content (AvgIpc) is 2.98. The standard InChI is InChI=1S/C16H13BrN4O3S/c1-9-2-3-10(6-12(9)17)18-15(22)8-25-16-19-13-5-4-11(21(23)24)7-14(13)20-16/h2-7H,8H2,1H3,(H,18,22)(H,19,20). The quantitative estimate of drug-likeness (QED) is 0.364. The van der Waals surface area contributed by atoms with E-state index in [0.717, 1.165) is 10.0 Å². The van der Waals surface area contributed by atoms with Crippen LogP contribution in [0, 0.1) is 17.0 Å². The number of halogens is 1. The first kappa shape index (κ1) is 17.4. The third kappa shape index (κ3) is 4.18. The second-order valence-corrected chi connectivity index (χ2v) is 7.12. The Labute approximate surface area is 155 Å². The van der Waals surface area contributed by atoms with Crippen molar-refractivity contribution >= 4 is 56.0 Å². The number of thioether (sulfide) groups is 1. The summed E-state index contributed by atoms with van der Waals surface area (Å²) in [5.74, 6) is 0.0140. The molecule has 9 heteroatoms. The Morgan fingerprint density at radius 3 is 2.88 bits per heavy atom. The van der Waals surface area contributed by atoms with E-state index in [2.05, 4.69) is 31.2 Å². The molecule has 2 aromatic carbocycles. The van der Waals surface area contributed by atoms with Crippen LogP contribution in [0.15, 0.2) is 46.0 Å². The molecule has 0 saturated heterocycles. The van der Waals surface area contributed by atoms with Crippen LogP contribution in [0.25, 0.3) is 11.0 Å². The lowest BCUT2D eigenvalue weighted by Crippen LogP contribution is -2.14. The van der Waals surface area contributed by atoms with Gasteiger partial charge in [-0.25, -0.2) is 4.98 Å². The van der Waals surface area contributed by atoms with Crippen LogP contribution in [0.5, 0.6) is 0 Å². The number of carbonyl (C=O) groups is 1. The Balaban J connectivity index is 1.64. The summed E-state index contributed by atoms with van der Waals surface area (Å²) in [6, 6.07) is 10.0. The van der Waals surface area contributed by atoms with Crippen molar-refractivity contribution < 1.29 is 9.72 Å². The van der Waals surface area contributed by atoms with Crippen molar-refractivity contribution in [2.24, 2.45) is 0 Å². The Hall–Kier alpha value is -2.39. The summed E-state index contributed by atoms with van der Waals surface area (Å²) in [5.41, 5.74) is 2.98. The fraction of sp³-hybridized carbons (Fsp3) is 0.125. The van der Waals surface area contributed by atoms with Crippen LogP contribution >= 0.6 is 27.7 Å². The number of aromatic nitrogens is 2. The van der Waals surface area contributed by atoms with Gasteiger partial charge in [-0.2, -0.15) is 0 Å². The van der Waals surface area contributed by atoms with Crippen molar-refractivity contribution in [3.8, 4) is 0 Å². The van der Waals surface area contributed by atoms with Gasteiger partial charge in [-0.05, 0) is 30.7 Å². The summed E-state index contributed by atoms with van der Waals surface area (Å²) in [6.45, 7) is 1.97. The predicted octanol–water partition coefficient (Wildman–Crippen LogP) is 4.27. The van der Waals surface area contributed by atoms with Crippen LogP contribution in [0.4, 0.5) is 11.4 Å². The molecule has 1 aromatic heterocycles. The largest absolute Gasteiger partial charge is 0.333 e. The van der Waals surface area contributed by atoms with Gasteiger partial charge in [-0.1, -0.05) is 33.8 Å². The summed E-state index contributed by atoms with van der Waals surface area (Å²) in [4.78, 5) is 29.7. The van der Waals surface area contributed by atoms with Gasteiger partial charge >= 0.3 is 0 Å². The molecule has 25 heavy (non-hydrogen) atoms. The summed E-state index contributed by atoms with van der Waals surface area (Å²) >= 11 is 4.66. The molecule has 0 aliphatic heterocycles. The summed E-state index contributed by atoms with van der Waals surface area (Å²) < 4.78 is 0.928.